The molecule has 0 bridgehead atoms. The Morgan fingerprint density at radius 1 is 1.19 bits per heavy atom. The van der Waals surface area contributed by atoms with Gasteiger partial charge in [0.15, 0.2) is 4.96 Å². The van der Waals surface area contributed by atoms with Gasteiger partial charge in [-0.25, -0.2) is 4.98 Å². The number of rotatable bonds is 1. The molecule has 2 aromatic heterocycles. The predicted molar refractivity (Wildman–Crippen MR) is 88.1 cm³/mol. The molecule has 0 spiro atoms. The molecule has 0 saturated heterocycles. The van der Waals surface area contributed by atoms with Crippen molar-refractivity contribution >= 4 is 16.3 Å². The lowest BCUT2D eigenvalue weighted by molar-refractivity contribution is 0.636. The van der Waals surface area contributed by atoms with Crippen LogP contribution in [0.1, 0.15) is 27.4 Å². The highest BCUT2D eigenvalue weighted by atomic mass is 32.1. The minimum atomic E-state index is 0.988. The smallest absolute Gasteiger partial charge is 0.194 e. The number of nitrogens with one attached hydrogen (secondary N) is 1. The number of nitrogens with zero attached hydrogens (tertiary/aromatic N) is 2. The quantitative estimate of drug-likeness (QED) is 0.743. The molecule has 4 heteroatoms. The number of thiazole rings is 1. The zero-order valence-electron chi connectivity index (χ0n) is 12.7. The summed E-state index contributed by atoms with van der Waals surface area (Å²) in [7, 11) is 0. The molecular formula is C17H19N3S. The van der Waals surface area contributed by atoms with Crippen molar-refractivity contribution in [2.45, 2.75) is 33.7 Å². The van der Waals surface area contributed by atoms with Crippen LogP contribution in [0, 0.1) is 20.8 Å². The Hall–Kier alpha value is -1.65. The molecule has 3 nitrogen and oxygen atoms in total. The van der Waals surface area contributed by atoms with Gasteiger partial charge in [0, 0.05) is 41.3 Å². The SMILES string of the molecule is Cc1ccc(-c2nc3sc4c(n3c2C)CCNC4)cc1C. The van der Waals surface area contributed by atoms with Crippen LogP contribution >= 0.6 is 11.3 Å². The van der Waals surface area contributed by atoms with E-state index in [1.807, 2.05) is 11.3 Å². The van der Waals surface area contributed by atoms with Gasteiger partial charge in [0.25, 0.3) is 0 Å². The Kier molecular flexibility index (Phi) is 2.91. The molecule has 1 aliphatic rings. The third kappa shape index (κ3) is 1.93. The average Bonchev–Trinajstić information content (AvgIpc) is 2.99. The Labute approximate surface area is 128 Å². The van der Waals surface area contributed by atoms with E-state index in [4.69, 9.17) is 4.98 Å². The summed E-state index contributed by atoms with van der Waals surface area (Å²) in [6, 6.07) is 6.63. The number of hydrogen-bond donors (Lipinski definition) is 1. The highest BCUT2D eigenvalue weighted by Crippen LogP contribution is 2.32. The van der Waals surface area contributed by atoms with Crippen molar-refractivity contribution < 1.29 is 0 Å². The number of fused-ring (bicyclic) bond motifs is 3. The summed E-state index contributed by atoms with van der Waals surface area (Å²) in [6.45, 7) is 8.57. The summed E-state index contributed by atoms with van der Waals surface area (Å²) in [5.74, 6) is 0. The van der Waals surface area contributed by atoms with E-state index in [0.717, 1.165) is 30.2 Å². The highest BCUT2D eigenvalue weighted by Gasteiger charge is 2.21. The van der Waals surface area contributed by atoms with Gasteiger partial charge in [0.1, 0.15) is 0 Å². The number of benzene rings is 1. The maximum absolute atomic E-state index is 4.91. The molecule has 0 amide bonds. The standard InChI is InChI=1S/C17H19N3S/c1-10-4-5-13(8-11(10)2)16-12(3)20-14-6-7-18-9-15(14)21-17(20)19-16/h4-5,8,18H,6-7,9H2,1-3H3. The van der Waals surface area contributed by atoms with Gasteiger partial charge in [-0.1, -0.05) is 23.5 Å². The van der Waals surface area contributed by atoms with Crippen LogP contribution in [0.25, 0.3) is 16.2 Å². The van der Waals surface area contributed by atoms with Crippen LogP contribution in [-0.2, 0) is 13.0 Å². The largest absolute Gasteiger partial charge is 0.311 e. The van der Waals surface area contributed by atoms with Gasteiger partial charge in [-0.3, -0.25) is 4.40 Å². The molecule has 108 valence electrons. The van der Waals surface area contributed by atoms with Crippen molar-refractivity contribution in [3.63, 3.8) is 0 Å². The molecule has 1 N–H and O–H groups in total. The minimum Gasteiger partial charge on any atom is -0.311 e. The molecule has 0 fully saturated rings. The van der Waals surface area contributed by atoms with E-state index in [9.17, 15) is 0 Å². The summed E-state index contributed by atoms with van der Waals surface area (Å²) in [5, 5.41) is 3.44. The Bertz CT molecular complexity index is 841. The van der Waals surface area contributed by atoms with Crippen LogP contribution in [0.2, 0.25) is 0 Å². The third-order valence-corrected chi connectivity index (χ3v) is 5.57. The Morgan fingerprint density at radius 2 is 2.05 bits per heavy atom. The van der Waals surface area contributed by atoms with Crippen LogP contribution in [-0.4, -0.2) is 15.9 Å². The minimum absolute atomic E-state index is 0.988. The molecule has 1 aromatic carbocycles. The fourth-order valence-corrected chi connectivity index (χ4v) is 4.30. The lowest BCUT2D eigenvalue weighted by Gasteiger charge is -2.13. The first-order valence-corrected chi connectivity index (χ1v) is 8.25. The van der Waals surface area contributed by atoms with Crippen molar-refractivity contribution in [3.05, 3.63) is 45.6 Å². The van der Waals surface area contributed by atoms with Gasteiger partial charge in [-0.15, -0.1) is 0 Å². The number of hydrogen-bond acceptors (Lipinski definition) is 3. The van der Waals surface area contributed by atoms with Crippen LogP contribution in [0.4, 0.5) is 0 Å². The summed E-state index contributed by atoms with van der Waals surface area (Å²) in [5.41, 5.74) is 7.75. The fourth-order valence-electron chi connectivity index (χ4n) is 3.12. The van der Waals surface area contributed by atoms with Gasteiger partial charge in [0.05, 0.1) is 5.69 Å². The van der Waals surface area contributed by atoms with Crippen LogP contribution in [0.3, 0.4) is 0 Å². The summed E-state index contributed by atoms with van der Waals surface area (Å²) in [6.07, 6.45) is 1.10. The van der Waals surface area contributed by atoms with Gasteiger partial charge in [-0.2, -0.15) is 0 Å². The molecule has 0 atom stereocenters. The topological polar surface area (TPSA) is 29.3 Å². The van der Waals surface area contributed by atoms with Gasteiger partial charge in [-0.05, 0) is 38.0 Å². The van der Waals surface area contributed by atoms with E-state index in [1.165, 1.54) is 33.0 Å². The van der Waals surface area contributed by atoms with Gasteiger partial charge < -0.3 is 5.32 Å². The van der Waals surface area contributed by atoms with Crippen molar-refractivity contribution in [1.29, 1.82) is 0 Å². The van der Waals surface area contributed by atoms with E-state index in [2.05, 4.69) is 48.7 Å². The zero-order chi connectivity index (χ0) is 14.6. The van der Waals surface area contributed by atoms with E-state index in [-0.39, 0.29) is 0 Å². The molecule has 21 heavy (non-hydrogen) atoms. The summed E-state index contributed by atoms with van der Waals surface area (Å²) >= 11 is 1.83. The Morgan fingerprint density at radius 3 is 2.86 bits per heavy atom. The zero-order valence-corrected chi connectivity index (χ0v) is 13.5. The highest BCUT2D eigenvalue weighted by molar-refractivity contribution is 7.17. The second-order valence-corrected chi connectivity index (χ2v) is 6.92. The van der Waals surface area contributed by atoms with Crippen molar-refractivity contribution in [2.75, 3.05) is 6.54 Å². The summed E-state index contributed by atoms with van der Waals surface area (Å²) < 4.78 is 2.37. The monoisotopic (exact) mass is 297 g/mol. The van der Waals surface area contributed by atoms with Gasteiger partial charge in [0.2, 0.25) is 0 Å². The van der Waals surface area contributed by atoms with E-state index < -0.39 is 0 Å². The molecule has 0 unspecified atom stereocenters. The normalized spacial score (nSPS) is 14.6. The maximum atomic E-state index is 4.91. The Balaban J connectivity index is 1.92. The molecule has 0 saturated carbocycles. The van der Waals surface area contributed by atoms with Crippen LogP contribution in [0.5, 0.6) is 0 Å². The summed E-state index contributed by atoms with van der Waals surface area (Å²) in [4.78, 5) is 7.49. The van der Waals surface area contributed by atoms with Crippen LogP contribution < -0.4 is 5.32 Å². The van der Waals surface area contributed by atoms with Crippen molar-refractivity contribution in [3.8, 4) is 11.3 Å². The first-order chi connectivity index (χ1) is 10.1. The van der Waals surface area contributed by atoms with E-state index >= 15 is 0 Å². The first-order valence-electron chi connectivity index (χ1n) is 7.43. The fraction of sp³-hybridized carbons (Fsp3) is 0.353. The predicted octanol–water partition coefficient (Wildman–Crippen LogP) is 3.63. The van der Waals surface area contributed by atoms with Gasteiger partial charge >= 0.3 is 0 Å². The molecular weight excluding hydrogens is 278 g/mol. The number of aromatic nitrogens is 2. The molecule has 1 aliphatic heterocycles. The molecule has 4 rings (SSSR count). The molecule has 3 aromatic rings. The molecule has 0 radical (unpaired) electrons. The second-order valence-electron chi connectivity index (χ2n) is 5.86. The van der Waals surface area contributed by atoms with E-state index in [0.29, 0.717) is 0 Å². The van der Waals surface area contributed by atoms with E-state index in [1.54, 1.807) is 0 Å². The molecule has 0 aliphatic carbocycles. The lowest BCUT2D eigenvalue weighted by atomic mass is 10.0. The maximum Gasteiger partial charge on any atom is 0.194 e. The first kappa shape index (κ1) is 13.0. The molecule has 3 heterocycles. The van der Waals surface area contributed by atoms with Crippen LogP contribution in [0.15, 0.2) is 18.2 Å². The lowest BCUT2D eigenvalue weighted by Crippen LogP contribution is -2.23. The average molecular weight is 297 g/mol. The van der Waals surface area contributed by atoms with Crippen molar-refractivity contribution in [1.82, 2.24) is 14.7 Å². The second kappa shape index (κ2) is 4.68. The number of aryl methyl sites for hydroxylation is 3. The third-order valence-electron chi connectivity index (χ3n) is 4.49. The van der Waals surface area contributed by atoms with Crippen molar-refractivity contribution in [2.24, 2.45) is 0 Å². The number of imidazole rings is 1.